The van der Waals surface area contributed by atoms with Crippen molar-refractivity contribution in [3.8, 4) is 16.9 Å². The lowest BCUT2D eigenvalue weighted by Gasteiger charge is -2.44. The number of anilines is 1. The molecule has 0 N–H and O–H groups in total. The number of hydrogen-bond donors (Lipinski definition) is 0. The Bertz CT molecular complexity index is 1790. The van der Waals surface area contributed by atoms with Crippen molar-refractivity contribution in [1.82, 2.24) is 29.4 Å². The number of pyridine rings is 1. The van der Waals surface area contributed by atoms with Crippen molar-refractivity contribution in [2.45, 2.75) is 59.5 Å². The zero-order valence-corrected chi connectivity index (χ0v) is 25.3. The Kier molecular flexibility index (Phi) is 7.85. The lowest BCUT2D eigenvalue weighted by atomic mass is 10.1. The summed E-state index contributed by atoms with van der Waals surface area (Å²) in [5, 5.41) is 0.722. The monoisotopic (exact) mass is 589 g/mol. The third kappa shape index (κ3) is 5.04. The molecule has 0 radical (unpaired) electrons. The highest BCUT2D eigenvalue weighted by Gasteiger charge is 2.34. The topological polar surface area (TPSA) is 97.1 Å². The molecule has 0 aliphatic carbocycles. The summed E-state index contributed by atoms with van der Waals surface area (Å²) >= 11 is 6.79. The molecule has 3 aromatic heterocycles. The first-order valence-corrected chi connectivity index (χ1v) is 14.2. The minimum Gasteiger partial charge on any atom is -0.349 e. The van der Waals surface area contributed by atoms with Crippen LogP contribution in [0.1, 0.15) is 50.8 Å². The van der Waals surface area contributed by atoms with Gasteiger partial charge in [-0.1, -0.05) is 44.2 Å². The molecule has 1 fully saturated rings. The molecule has 1 aliphatic heterocycles. The van der Waals surface area contributed by atoms with Gasteiger partial charge in [-0.2, -0.15) is 4.98 Å². The smallest absolute Gasteiger partial charge is 0.349 e. The predicted octanol–water partition coefficient (Wildman–Crippen LogP) is 5.38. The molecule has 2 unspecified atom stereocenters. The summed E-state index contributed by atoms with van der Waals surface area (Å²) in [5.74, 6) is 0.286. The molecule has 0 saturated carbocycles. The molecule has 0 bridgehead atoms. The van der Waals surface area contributed by atoms with Gasteiger partial charge in [0.25, 0.3) is 0 Å². The fourth-order valence-electron chi connectivity index (χ4n) is 5.63. The van der Waals surface area contributed by atoms with E-state index in [1.54, 1.807) is 36.1 Å². The molecular weight excluding hydrogens is 557 g/mol. The second-order valence-electron chi connectivity index (χ2n) is 11.0. The number of nitrogens with zero attached hydrogens (tertiary/aromatic N) is 7. The molecule has 4 aromatic rings. The van der Waals surface area contributed by atoms with Crippen LogP contribution in [0, 0.1) is 19.7 Å². The number of aryl methyl sites for hydroxylation is 2. The van der Waals surface area contributed by atoms with Gasteiger partial charge in [0, 0.05) is 30.7 Å². The van der Waals surface area contributed by atoms with Crippen LogP contribution in [0.4, 0.5) is 10.2 Å². The molecule has 42 heavy (non-hydrogen) atoms. The molecular formula is C31H33ClFN7O2. The lowest BCUT2D eigenvalue weighted by Crippen LogP contribution is -2.58. The maximum atomic E-state index is 15.0. The average molecular weight is 590 g/mol. The van der Waals surface area contributed by atoms with Crippen LogP contribution in [0.25, 0.3) is 28.0 Å². The van der Waals surface area contributed by atoms with Crippen molar-refractivity contribution in [1.29, 1.82) is 0 Å². The number of carbonyl (C=O) groups excluding carboxylic acids is 1. The number of benzene rings is 1. The van der Waals surface area contributed by atoms with Gasteiger partial charge < -0.3 is 9.80 Å². The van der Waals surface area contributed by atoms with Crippen LogP contribution < -0.4 is 10.6 Å². The van der Waals surface area contributed by atoms with Crippen LogP contribution in [-0.4, -0.2) is 60.5 Å². The molecule has 218 valence electrons. The third-order valence-corrected chi connectivity index (χ3v) is 7.90. The summed E-state index contributed by atoms with van der Waals surface area (Å²) in [6.07, 6.45) is 1.31. The summed E-state index contributed by atoms with van der Waals surface area (Å²) in [5.41, 5.74) is 1.84. The normalized spacial score (nSPS) is 17.3. The molecule has 9 nitrogen and oxygen atoms in total. The van der Waals surface area contributed by atoms with E-state index in [1.165, 1.54) is 16.7 Å². The van der Waals surface area contributed by atoms with E-state index in [4.69, 9.17) is 16.6 Å². The summed E-state index contributed by atoms with van der Waals surface area (Å²) in [4.78, 5) is 48.9. The minimum absolute atomic E-state index is 0.0447. The van der Waals surface area contributed by atoms with E-state index in [-0.39, 0.29) is 45.8 Å². The third-order valence-electron chi connectivity index (χ3n) is 7.61. The van der Waals surface area contributed by atoms with Gasteiger partial charge in [-0.25, -0.2) is 28.7 Å². The standard InChI is InChI=1S/C31H33ClFN7O2/c1-8-25(41)38-14-18(5)39(15-17(38)4)29-22-13-23(32)27(21-11-9-10-12-24(21)33)36-30(22)40(31(42)37-29)28-19(6)34-20(7)35-26(28)16(2)3/h8-13,16-18H,1,14-15H2,2-7H3. The Balaban J connectivity index is 1.84. The van der Waals surface area contributed by atoms with Crippen LogP contribution >= 0.6 is 11.6 Å². The van der Waals surface area contributed by atoms with Crippen LogP contribution in [0.2, 0.25) is 5.02 Å². The first-order valence-electron chi connectivity index (χ1n) is 13.9. The molecule has 4 heterocycles. The van der Waals surface area contributed by atoms with Gasteiger partial charge in [0.2, 0.25) is 5.91 Å². The van der Waals surface area contributed by atoms with Gasteiger partial charge in [0.05, 0.1) is 33.2 Å². The predicted molar refractivity (Wildman–Crippen MR) is 163 cm³/mol. The second kappa shape index (κ2) is 11.2. The maximum Gasteiger partial charge on any atom is 0.355 e. The van der Waals surface area contributed by atoms with E-state index in [1.807, 2.05) is 39.5 Å². The highest BCUT2D eigenvalue weighted by Crippen LogP contribution is 2.36. The minimum atomic E-state index is -0.575. The van der Waals surface area contributed by atoms with E-state index in [9.17, 15) is 14.0 Å². The van der Waals surface area contributed by atoms with Crippen LogP contribution in [0.15, 0.2) is 47.8 Å². The number of rotatable bonds is 5. The first kappa shape index (κ1) is 29.3. The number of halogens is 2. The van der Waals surface area contributed by atoms with Crippen molar-refractivity contribution in [2.24, 2.45) is 0 Å². The van der Waals surface area contributed by atoms with Crippen LogP contribution in [0.3, 0.4) is 0 Å². The van der Waals surface area contributed by atoms with Crippen molar-refractivity contribution < 1.29 is 9.18 Å². The summed E-state index contributed by atoms with van der Waals surface area (Å²) in [6, 6.07) is 7.55. The molecule has 0 spiro atoms. The Hall–Kier alpha value is -4.18. The Morgan fingerprint density at radius 3 is 2.48 bits per heavy atom. The fourth-order valence-corrected chi connectivity index (χ4v) is 5.88. The summed E-state index contributed by atoms with van der Waals surface area (Å²) in [7, 11) is 0. The average Bonchev–Trinajstić information content (AvgIpc) is 2.94. The van der Waals surface area contributed by atoms with E-state index >= 15 is 0 Å². The quantitative estimate of drug-likeness (QED) is 0.288. The Morgan fingerprint density at radius 1 is 1.10 bits per heavy atom. The molecule has 1 saturated heterocycles. The van der Waals surface area contributed by atoms with Crippen LogP contribution in [-0.2, 0) is 4.79 Å². The number of fused-ring (bicyclic) bond motifs is 1. The Morgan fingerprint density at radius 2 is 1.81 bits per heavy atom. The van der Waals surface area contributed by atoms with Crippen LogP contribution in [0.5, 0.6) is 0 Å². The molecule has 1 amide bonds. The number of amides is 1. The number of piperazine rings is 1. The van der Waals surface area contributed by atoms with Gasteiger partial charge in [-0.3, -0.25) is 4.79 Å². The number of carbonyl (C=O) groups is 1. The molecule has 1 aromatic carbocycles. The highest BCUT2D eigenvalue weighted by molar-refractivity contribution is 6.33. The zero-order valence-electron chi connectivity index (χ0n) is 24.5. The van der Waals surface area contributed by atoms with Gasteiger partial charge in [-0.15, -0.1) is 0 Å². The number of hydrogen-bond acceptors (Lipinski definition) is 7. The SMILES string of the molecule is C=CC(=O)N1CC(C)N(c2nc(=O)n(-c3c(C)nc(C)nc3C(C)C)c3nc(-c4ccccc4F)c(Cl)cc23)CC1C. The number of aromatic nitrogens is 5. The van der Waals surface area contributed by atoms with Crippen molar-refractivity contribution >= 4 is 34.4 Å². The summed E-state index contributed by atoms with van der Waals surface area (Å²) < 4.78 is 16.4. The molecule has 1 aliphatic rings. The van der Waals surface area contributed by atoms with E-state index in [2.05, 4.69) is 21.5 Å². The highest BCUT2D eigenvalue weighted by atomic mass is 35.5. The molecule has 5 rings (SSSR count). The maximum absolute atomic E-state index is 15.0. The molecule has 11 heteroatoms. The van der Waals surface area contributed by atoms with E-state index < -0.39 is 11.5 Å². The van der Waals surface area contributed by atoms with E-state index in [0.29, 0.717) is 47.2 Å². The molecule has 2 atom stereocenters. The fraction of sp³-hybridized carbons (Fsp3) is 0.355. The van der Waals surface area contributed by atoms with Gasteiger partial charge in [-0.05, 0) is 57.9 Å². The lowest BCUT2D eigenvalue weighted by molar-refractivity contribution is -0.128. The largest absolute Gasteiger partial charge is 0.355 e. The second-order valence-corrected chi connectivity index (χ2v) is 11.4. The van der Waals surface area contributed by atoms with E-state index in [0.717, 1.165) is 0 Å². The Labute approximate surface area is 248 Å². The van der Waals surface area contributed by atoms with Crippen molar-refractivity contribution in [2.75, 3.05) is 18.0 Å². The van der Waals surface area contributed by atoms with Crippen molar-refractivity contribution in [3.05, 3.63) is 81.5 Å². The zero-order chi connectivity index (χ0) is 30.5. The van der Waals surface area contributed by atoms with Gasteiger partial charge in [0.1, 0.15) is 17.5 Å². The first-order chi connectivity index (χ1) is 19.9. The van der Waals surface area contributed by atoms with Gasteiger partial charge in [0.15, 0.2) is 5.65 Å². The summed E-state index contributed by atoms with van der Waals surface area (Å²) in [6.45, 7) is 16.0. The van der Waals surface area contributed by atoms with Crippen molar-refractivity contribution in [3.63, 3.8) is 0 Å². The van der Waals surface area contributed by atoms with Gasteiger partial charge >= 0.3 is 5.69 Å².